The molecule has 5 nitrogen and oxygen atoms in total. The van der Waals surface area contributed by atoms with Crippen molar-refractivity contribution in [2.45, 2.75) is 18.9 Å². The van der Waals surface area contributed by atoms with Gasteiger partial charge < -0.3 is 15.0 Å². The SMILES string of the molecule is O=C(Nc1ccccc1F)N1CCCC(Oc2ccncc2)C1. The summed E-state index contributed by atoms with van der Waals surface area (Å²) in [6.45, 7) is 1.11. The molecule has 1 unspecified atom stereocenters. The van der Waals surface area contributed by atoms with Gasteiger partial charge in [0.25, 0.3) is 0 Å². The number of hydrogen-bond donors (Lipinski definition) is 1. The lowest BCUT2D eigenvalue weighted by Gasteiger charge is -2.32. The molecular formula is C17H18FN3O2. The Bertz CT molecular complexity index is 666. The number of ether oxygens (including phenoxy) is 1. The molecule has 1 saturated heterocycles. The van der Waals surface area contributed by atoms with Gasteiger partial charge in [-0.15, -0.1) is 0 Å². The highest BCUT2D eigenvalue weighted by Crippen LogP contribution is 2.19. The number of carbonyl (C=O) groups excluding carboxylic acids is 1. The van der Waals surface area contributed by atoms with E-state index in [4.69, 9.17) is 4.74 Å². The van der Waals surface area contributed by atoms with Gasteiger partial charge in [0.1, 0.15) is 17.7 Å². The van der Waals surface area contributed by atoms with Gasteiger partial charge in [-0.3, -0.25) is 4.98 Å². The molecule has 1 fully saturated rings. The van der Waals surface area contributed by atoms with Crippen molar-refractivity contribution in [3.63, 3.8) is 0 Å². The summed E-state index contributed by atoms with van der Waals surface area (Å²) in [4.78, 5) is 17.9. The van der Waals surface area contributed by atoms with Gasteiger partial charge in [0.05, 0.1) is 12.2 Å². The van der Waals surface area contributed by atoms with Gasteiger partial charge in [-0.1, -0.05) is 12.1 Å². The molecule has 0 aliphatic carbocycles. The predicted molar refractivity (Wildman–Crippen MR) is 84.9 cm³/mol. The van der Waals surface area contributed by atoms with E-state index in [0.717, 1.165) is 18.6 Å². The Morgan fingerprint density at radius 2 is 2.04 bits per heavy atom. The summed E-state index contributed by atoms with van der Waals surface area (Å²) in [5.74, 6) is 0.295. The molecule has 0 radical (unpaired) electrons. The fourth-order valence-corrected chi connectivity index (χ4v) is 2.58. The van der Waals surface area contributed by atoms with E-state index in [-0.39, 0.29) is 17.8 Å². The maximum atomic E-state index is 13.6. The molecule has 2 amide bonds. The summed E-state index contributed by atoms with van der Waals surface area (Å²) in [6.07, 6.45) is 4.99. The summed E-state index contributed by atoms with van der Waals surface area (Å²) >= 11 is 0. The van der Waals surface area contributed by atoms with Crippen LogP contribution >= 0.6 is 0 Å². The average Bonchev–Trinajstić information content (AvgIpc) is 2.58. The van der Waals surface area contributed by atoms with Crippen LogP contribution in [0, 0.1) is 5.82 Å². The van der Waals surface area contributed by atoms with Gasteiger partial charge >= 0.3 is 6.03 Å². The molecule has 1 aliphatic heterocycles. The number of piperidine rings is 1. The molecule has 23 heavy (non-hydrogen) atoms. The second kappa shape index (κ2) is 7.09. The van der Waals surface area contributed by atoms with E-state index >= 15 is 0 Å². The second-order valence-corrected chi connectivity index (χ2v) is 5.42. The molecule has 6 heteroatoms. The molecule has 1 aliphatic rings. The van der Waals surface area contributed by atoms with Gasteiger partial charge in [-0.25, -0.2) is 9.18 Å². The number of carbonyl (C=O) groups is 1. The average molecular weight is 315 g/mol. The van der Waals surface area contributed by atoms with Crippen molar-refractivity contribution in [2.75, 3.05) is 18.4 Å². The van der Waals surface area contributed by atoms with Crippen LogP contribution in [0.2, 0.25) is 0 Å². The molecule has 120 valence electrons. The van der Waals surface area contributed by atoms with Crippen LogP contribution in [-0.2, 0) is 0 Å². The van der Waals surface area contributed by atoms with Crippen molar-refractivity contribution < 1.29 is 13.9 Å². The van der Waals surface area contributed by atoms with Crippen molar-refractivity contribution in [1.82, 2.24) is 9.88 Å². The van der Waals surface area contributed by atoms with Crippen molar-refractivity contribution in [1.29, 1.82) is 0 Å². The van der Waals surface area contributed by atoms with Crippen LogP contribution in [0.25, 0.3) is 0 Å². The Morgan fingerprint density at radius 1 is 1.26 bits per heavy atom. The third kappa shape index (κ3) is 3.97. The van der Waals surface area contributed by atoms with Crippen molar-refractivity contribution in [2.24, 2.45) is 0 Å². The Hall–Kier alpha value is -2.63. The first kappa shape index (κ1) is 15.3. The number of benzene rings is 1. The fourth-order valence-electron chi connectivity index (χ4n) is 2.58. The Kier molecular flexibility index (Phi) is 4.71. The smallest absolute Gasteiger partial charge is 0.322 e. The first-order chi connectivity index (χ1) is 11.2. The number of nitrogens with one attached hydrogen (secondary N) is 1. The second-order valence-electron chi connectivity index (χ2n) is 5.42. The van der Waals surface area contributed by atoms with Crippen LogP contribution in [0.15, 0.2) is 48.8 Å². The van der Waals surface area contributed by atoms with Crippen molar-refractivity contribution >= 4 is 11.7 Å². The number of hydrogen-bond acceptors (Lipinski definition) is 3. The number of rotatable bonds is 3. The van der Waals surface area contributed by atoms with Crippen molar-refractivity contribution in [3.8, 4) is 5.75 Å². The van der Waals surface area contributed by atoms with Gasteiger partial charge in [-0.05, 0) is 37.1 Å². The minimum absolute atomic E-state index is 0.0717. The lowest BCUT2D eigenvalue weighted by molar-refractivity contribution is 0.106. The number of amides is 2. The molecule has 1 N–H and O–H groups in total. The van der Waals surface area contributed by atoms with E-state index < -0.39 is 5.82 Å². The normalized spacial score (nSPS) is 17.6. The van der Waals surface area contributed by atoms with Crippen LogP contribution in [-0.4, -0.2) is 35.1 Å². The lowest BCUT2D eigenvalue weighted by atomic mass is 10.1. The number of anilines is 1. The maximum absolute atomic E-state index is 13.6. The number of para-hydroxylation sites is 1. The molecule has 2 aromatic rings. The molecule has 0 saturated carbocycles. The Balaban J connectivity index is 1.59. The zero-order valence-corrected chi connectivity index (χ0v) is 12.6. The quantitative estimate of drug-likeness (QED) is 0.945. The molecule has 1 aromatic carbocycles. The van der Waals surface area contributed by atoms with Gasteiger partial charge in [0, 0.05) is 18.9 Å². The maximum Gasteiger partial charge on any atom is 0.322 e. The summed E-state index contributed by atoms with van der Waals surface area (Å²) in [7, 11) is 0. The zero-order chi connectivity index (χ0) is 16.1. The largest absolute Gasteiger partial charge is 0.488 e. The minimum Gasteiger partial charge on any atom is -0.488 e. The summed E-state index contributed by atoms with van der Waals surface area (Å²) < 4.78 is 19.5. The Labute approximate surface area is 134 Å². The standard InChI is InChI=1S/C17H18FN3O2/c18-15-5-1-2-6-16(15)20-17(22)21-11-3-4-14(12-21)23-13-7-9-19-10-8-13/h1-2,5-10,14H,3-4,11-12H2,(H,20,22). The number of likely N-dealkylation sites (tertiary alicyclic amines) is 1. The van der Waals surface area contributed by atoms with Gasteiger partial charge in [0.15, 0.2) is 0 Å². The minimum atomic E-state index is -0.442. The third-order valence-electron chi connectivity index (χ3n) is 3.73. The van der Waals surface area contributed by atoms with Crippen LogP contribution < -0.4 is 10.1 Å². The van der Waals surface area contributed by atoms with Gasteiger partial charge in [0.2, 0.25) is 0 Å². The third-order valence-corrected chi connectivity index (χ3v) is 3.73. The summed E-state index contributed by atoms with van der Waals surface area (Å²) in [5.41, 5.74) is 0.190. The highest BCUT2D eigenvalue weighted by atomic mass is 19.1. The molecule has 1 atom stereocenters. The number of aromatic nitrogens is 1. The highest BCUT2D eigenvalue weighted by molar-refractivity contribution is 5.89. The number of nitrogens with zero attached hydrogens (tertiary/aromatic N) is 2. The van der Waals surface area contributed by atoms with E-state index in [1.54, 1.807) is 47.6 Å². The number of halogens is 1. The topological polar surface area (TPSA) is 54.5 Å². The van der Waals surface area contributed by atoms with Gasteiger partial charge in [-0.2, -0.15) is 0 Å². The first-order valence-electron chi connectivity index (χ1n) is 7.59. The van der Waals surface area contributed by atoms with E-state index in [9.17, 15) is 9.18 Å². The van der Waals surface area contributed by atoms with E-state index in [1.807, 2.05) is 0 Å². The van der Waals surface area contributed by atoms with Crippen molar-refractivity contribution in [3.05, 3.63) is 54.6 Å². The summed E-state index contributed by atoms with van der Waals surface area (Å²) in [6, 6.07) is 9.41. The lowest BCUT2D eigenvalue weighted by Crippen LogP contribution is -2.46. The van der Waals surface area contributed by atoms with Crippen LogP contribution in [0.4, 0.5) is 14.9 Å². The molecular weight excluding hydrogens is 297 g/mol. The van der Waals surface area contributed by atoms with Crippen LogP contribution in [0.1, 0.15) is 12.8 Å². The Morgan fingerprint density at radius 3 is 2.83 bits per heavy atom. The highest BCUT2D eigenvalue weighted by Gasteiger charge is 2.25. The molecule has 2 heterocycles. The molecule has 3 rings (SSSR count). The number of pyridine rings is 1. The monoisotopic (exact) mass is 315 g/mol. The molecule has 1 aromatic heterocycles. The first-order valence-corrected chi connectivity index (χ1v) is 7.59. The van der Waals surface area contributed by atoms with E-state index in [0.29, 0.717) is 13.1 Å². The van der Waals surface area contributed by atoms with Crippen LogP contribution in [0.3, 0.4) is 0 Å². The van der Waals surface area contributed by atoms with E-state index in [1.165, 1.54) is 6.07 Å². The molecule has 0 spiro atoms. The van der Waals surface area contributed by atoms with Crippen LogP contribution in [0.5, 0.6) is 5.75 Å². The number of urea groups is 1. The summed E-state index contributed by atoms with van der Waals surface area (Å²) in [5, 5.41) is 2.61. The van der Waals surface area contributed by atoms with E-state index in [2.05, 4.69) is 10.3 Å². The fraction of sp³-hybridized carbons (Fsp3) is 0.294. The zero-order valence-electron chi connectivity index (χ0n) is 12.6. The predicted octanol–water partition coefficient (Wildman–Crippen LogP) is 3.30. The molecule has 0 bridgehead atoms.